The van der Waals surface area contributed by atoms with Gasteiger partial charge in [-0.25, -0.2) is 0 Å². The summed E-state index contributed by atoms with van der Waals surface area (Å²) in [6.45, 7) is 32.4. The molecule has 0 aliphatic carbocycles. The standard InChI is InChI=1S/C84H79BN4O/c1-52-44-64(45-53(2)79(52)54-28-40-68-67-25-19-21-27-77(67)90-78(68)46-54)89-72-43-33-57(83(9,10)11)47-70(72)85-69-42-39-63(51-74(69)88(61-36-31-56(32-37-61)82(6,7)8)75-48-58(84(12,13)14)49-76(89)80(75)85)86(60-34-29-55(30-35-60)81(3,4)5)62-38-41-66-65-24-18-20-26-71(65)87(73(66)50-62)59-22-16-15-17-23-59/h15-51H,1-14H3. The molecule has 5 nitrogen and oxygen atoms in total. The van der Waals surface area contributed by atoms with Crippen LogP contribution in [0.2, 0.25) is 0 Å². The number of hydrogen-bond donors (Lipinski definition) is 0. The van der Waals surface area contributed by atoms with Crippen molar-refractivity contribution in [2.75, 3.05) is 14.7 Å². The van der Waals surface area contributed by atoms with Gasteiger partial charge in [0.1, 0.15) is 11.2 Å². The summed E-state index contributed by atoms with van der Waals surface area (Å²) in [5, 5.41) is 4.74. The van der Waals surface area contributed by atoms with E-state index in [1.165, 1.54) is 94.4 Å². The van der Waals surface area contributed by atoms with Crippen LogP contribution in [0.4, 0.5) is 51.2 Å². The number of anilines is 9. The zero-order chi connectivity index (χ0) is 62.5. The van der Waals surface area contributed by atoms with Crippen molar-refractivity contribution in [1.29, 1.82) is 0 Å². The van der Waals surface area contributed by atoms with Crippen LogP contribution in [0.3, 0.4) is 0 Å². The molecule has 0 spiro atoms. The van der Waals surface area contributed by atoms with E-state index in [0.717, 1.165) is 67.1 Å². The highest BCUT2D eigenvalue weighted by Crippen LogP contribution is 2.50. The van der Waals surface area contributed by atoms with Gasteiger partial charge in [-0.15, -0.1) is 0 Å². The van der Waals surface area contributed by atoms with E-state index in [9.17, 15) is 0 Å². The molecule has 4 heterocycles. The number of para-hydroxylation sites is 3. The molecule has 0 N–H and O–H groups in total. The quantitative estimate of drug-likeness (QED) is 0.149. The fraction of sp³-hybridized carbons (Fsp3) is 0.214. The van der Waals surface area contributed by atoms with Gasteiger partial charge in [0.05, 0.1) is 11.0 Å². The maximum absolute atomic E-state index is 6.49. The van der Waals surface area contributed by atoms with E-state index in [4.69, 9.17) is 4.42 Å². The van der Waals surface area contributed by atoms with Crippen LogP contribution in [0.1, 0.15) is 116 Å². The third-order valence-corrected chi connectivity index (χ3v) is 19.4. The minimum Gasteiger partial charge on any atom is -0.456 e. The van der Waals surface area contributed by atoms with Crippen molar-refractivity contribution in [3.05, 3.63) is 258 Å². The summed E-state index contributed by atoms with van der Waals surface area (Å²) in [6, 6.07) is 85.2. The molecule has 444 valence electrons. The van der Waals surface area contributed by atoms with E-state index in [-0.39, 0.29) is 28.4 Å². The average molecular weight is 1170 g/mol. The van der Waals surface area contributed by atoms with Crippen molar-refractivity contribution in [2.45, 2.75) is 119 Å². The highest BCUT2D eigenvalue weighted by Gasteiger charge is 2.45. The molecule has 0 radical (unpaired) electrons. The Labute approximate surface area is 531 Å². The van der Waals surface area contributed by atoms with Crippen LogP contribution in [0.5, 0.6) is 0 Å². The van der Waals surface area contributed by atoms with Crippen molar-refractivity contribution in [1.82, 2.24) is 4.57 Å². The third kappa shape index (κ3) is 9.35. The van der Waals surface area contributed by atoms with Gasteiger partial charge < -0.3 is 23.7 Å². The second-order valence-electron chi connectivity index (χ2n) is 29.6. The van der Waals surface area contributed by atoms with Gasteiger partial charge in [-0.2, -0.15) is 0 Å². The SMILES string of the molecule is Cc1cc(N2c3ccc(C(C)(C)C)cc3B3c4ccc(N(c5ccc(C(C)(C)C)cc5)c5ccc6c7ccccc7n(-c7ccccc7)c6c5)cc4N(c4ccc(C(C)(C)C)cc4)c4cc(C(C)(C)C)cc2c43)cc(C)c1-c1ccc2c(c1)oc1ccccc12. The summed E-state index contributed by atoms with van der Waals surface area (Å²) in [7, 11) is 0. The lowest BCUT2D eigenvalue weighted by molar-refractivity contribution is 0.590. The summed E-state index contributed by atoms with van der Waals surface area (Å²) in [5.41, 5.74) is 29.2. The molecule has 13 aromatic rings. The number of aryl methyl sites for hydroxylation is 2. The second kappa shape index (κ2) is 20.5. The minimum atomic E-state index is -0.200. The highest BCUT2D eigenvalue weighted by molar-refractivity contribution is 7.00. The lowest BCUT2D eigenvalue weighted by Crippen LogP contribution is -2.61. The summed E-state index contributed by atoms with van der Waals surface area (Å²) in [5.74, 6) is 0. The van der Waals surface area contributed by atoms with Gasteiger partial charge in [-0.1, -0.05) is 192 Å². The number of furan rings is 1. The van der Waals surface area contributed by atoms with Crippen LogP contribution >= 0.6 is 0 Å². The first kappa shape index (κ1) is 57.0. The van der Waals surface area contributed by atoms with E-state index in [2.05, 4.69) is 335 Å². The van der Waals surface area contributed by atoms with E-state index in [0.29, 0.717) is 0 Å². The number of fused-ring (bicyclic) bond motifs is 10. The van der Waals surface area contributed by atoms with Crippen LogP contribution in [-0.4, -0.2) is 11.3 Å². The van der Waals surface area contributed by atoms with Gasteiger partial charge in [0.25, 0.3) is 6.71 Å². The van der Waals surface area contributed by atoms with Gasteiger partial charge in [0.2, 0.25) is 0 Å². The zero-order valence-electron chi connectivity index (χ0n) is 54.6. The second-order valence-corrected chi connectivity index (χ2v) is 29.6. The van der Waals surface area contributed by atoms with Crippen molar-refractivity contribution in [2.24, 2.45) is 0 Å². The van der Waals surface area contributed by atoms with Gasteiger partial charge in [0.15, 0.2) is 0 Å². The maximum atomic E-state index is 6.49. The third-order valence-electron chi connectivity index (χ3n) is 19.4. The lowest BCUT2D eigenvalue weighted by atomic mass is 9.33. The molecular weight excluding hydrogens is 1090 g/mol. The predicted octanol–water partition coefficient (Wildman–Crippen LogP) is 21.7. The van der Waals surface area contributed by atoms with Gasteiger partial charge in [-0.05, 0) is 212 Å². The molecule has 11 aromatic carbocycles. The first-order valence-corrected chi connectivity index (χ1v) is 32.2. The molecule has 0 bridgehead atoms. The Morgan fingerprint density at radius 1 is 0.344 bits per heavy atom. The first-order valence-electron chi connectivity index (χ1n) is 32.2. The normalized spacial score (nSPS) is 13.4. The van der Waals surface area contributed by atoms with Crippen LogP contribution < -0.4 is 31.1 Å². The Kier molecular flexibility index (Phi) is 13.0. The van der Waals surface area contributed by atoms with Crippen LogP contribution in [-0.2, 0) is 21.7 Å². The molecule has 0 unspecified atom stereocenters. The fourth-order valence-electron chi connectivity index (χ4n) is 14.6. The summed E-state index contributed by atoms with van der Waals surface area (Å²) >= 11 is 0. The fourth-order valence-corrected chi connectivity index (χ4v) is 14.6. The molecule has 0 amide bonds. The van der Waals surface area contributed by atoms with Crippen LogP contribution in [0, 0.1) is 13.8 Å². The Balaban J connectivity index is 0.980. The van der Waals surface area contributed by atoms with Crippen molar-refractivity contribution < 1.29 is 4.42 Å². The van der Waals surface area contributed by atoms with E-state index < -0.39 is 0 Å². The maximum Gasteiger partial charge on any atom is 0.252 e. The number of nitrogens with zero attached hydrogens (tertiary/aromatic N) is 4. The first-order chi connectivity index (χ1) is 43.0. The molecule has 6 heteroatoms. The van der Waals surface area contributed by atoms with Crippen molar-refractivity contribution >= 4 is 118 Å². The van der Waals surface area contributed by atoms with Gasteiger partial charge in [-0.3, -0.25) is 0 Å². The molecule has 90 heavy (non-hydrogen) atoms. The Morgan fingerprint density at radius 3 is 1.54 bits per heavy atom. The van der Waals surface area contributed by atoms with Gasteiger partial charge >= 0.3 is 0 Å². The molecule has 0 saturated heterocycles. The summed E-state index contributed by atoms with van der Waals surface area (Å²) in [4.78, 5) is 7.70. The van der Waals surface area contributed by atoms with Gasteiger partial charge in [0, 0.05) is 78.4 Å². The number of hydrogen-bond acceptors (Lipinski definition) is 4. The molecule has 2 aromatic heterocycles. The largest absolute Gasteiger partial charge is 0.456 e. The lowest BCUT2D eigenvalue weighted by Gasteiger charge is -2.46. The van der Waals surface area contributed by atoms with E-state index >= 15 is 0 Å². The number of aromatic nitrogens is 1. The number of rotatable bonds is 7. The van der Waals surface area contributed by atoms with Crippen LogP contribution in [0.25, 0.3) is 60.6 Å². The van der Waals surface area contributed by atoms with Crippen molar-refractivity contribution in [3.63, 3.8) is 0 Å². The zero-order valence-corrected chi connectivity index (χ0v) is 54.6. The van der Waals surface area contributed by atoms with Crippen LogP contribution in [0.15, 0.2) is 229 Å². The Hall–Kier alpha value is -9.52. The molecule has 2 aliphatic rings. The Morgan fingerprint density at radius 2 is 0.878 bits per heavy atom. The average Bonchev–Trinajstić information content (AvgIpc) is 0.893. The Bertz CT molecular complexity index is 4990. The molecule has 0 atom stereocenters. The van der Waals surface area contributed by atoms with E-state index in [1.54, 1.807) is 0 Å². The molecule has 0 fully saturated rings. The predicted molar refractivity (Wildman–Crippen MR) is 386 cm³/mol. The summed E-state index contributed by atoms with van der Waals surface area (Å²) < 4.78 is 8.92. The smallest absolute Gasteiger partial charge is 0.252 e. The van der Waals surface area contributed by atoms with E-state index in [1.807, 2.05) is 6.07 Å². The topological polar surface area (TPSA) is 27.8 Å². The van der Waals surface area contributed by atoms with Crippen molar-refractivity contribution in [3.8, 4) is 16.8 Å². The monoisotopic (exact) mass is 1170 g/mol. The molecule has 0 saturated carbocycles. The highest BCUT2D eigenvalue weighted by atomic mass is 16.3. The molecular formula is C84H79BN4O. The summed E-state index contributed by atoms with van der Waals surface area (Å²) in [6.07, 6.45) is 0. The molecule has 15 rings (SSSR count). The number of benzene rings is 11. The molecule has 2 aliphatic heterocycles. The minimum absolute atomic E-state index is 0.0158.